The molecule has 0 saturated carbocycles. The molecule has 1 aromatic heterocycles. The van der Waals surface area contributed by atoms with Gasteiger partial charge >= 0.3 is 6.18 Å². The number of fused-ring (bicyclic) bond motifs is 1. The Kier molecular flexibility index (Phi) is 4.69. The van der Waals surface area contributed by atoms with Crippen molar-refractivity contribution in [1.29, 1.82) is 0 Å². The SMILES string of the molecule is CNc1nc(Nc2cc3c(cc2OC)C(=O)N(C2COC2)C3)ncc1C(F)(F)F. The molecule has 0 aliphatic carbocycles. The normalized spacial score (nSPS) is 16.4. The van der Waals surface area contributed by atoms with Gasteiger partial charge in [0.1, 0.15) is 17.1 Å². The number of rotatable bonds is 5. The van der Waals surface area contributed by atoms with Crippen LogP contribution in [0.15, 0.2) is 18.3 Å². The maximum atomic E-state index is 13.0. The molecule has 1 saturated heterocycles. The van der Waals surface area contributed by atoms with Gasteiger partial charge in [0.25, 0.3) is 5.91 Å². The molecule has 0 unspecified atom stereocenters. The van der Waals surface area contributed by atoms with Crippen LogP contribution in [0.5, 0.6) is 5.75 Å². The second-order valence-electron chi connectivity index (χ2n) is 6.66. The minimum Gasteiger partial charge on any atom is -0.495 e. The van der Waals surface area contributed by atoms with Crippen molar-refractivity contribution in [2.75, 3.05) is 38.0 Å². The van der Waals surface area contributed by atoms with Crippen LogP contribution in [0.2, 0.25) is 0 Å². The van der Waals surface area contributed by atoms with E-state index in [9.17, 15) is 18.0 Å². The molecule has 0 spiro atoms. The number of nitrogens with one attached hydrogen (secondary N) is 2. The van der Waals surface area contributed by atoms with Gasteiger partial charge < -0.3 is 25.0 Å². The van der Waals surface area contributed by atoms with Gasteiger partial charge in [0.05, 0.1) is 32.1 Å². The van der Waals surface area contributed by atoms with Crippen LogP contribution in [0, 0.1) is 0 Å². The monoisotopic (exact) mass is 409 g/mol. The van der Waals surface area contributed by atoms with E-state index in [1.54, 1.807) is 17.0 Å². The van der Waals surface area contributed by atoms with E-state index in [4.69, 9.17) is 9.47 Å². The standard InChI is InChI=1S/C18H18F3N5O3/c1-22-15-12(18(19,20)21)5-23-17(25-15)24-13-3-9-6-26(10-7-29-8-10)16(27)11(9)4-14(13)28-2/h3-5,10H,6-8H2,1-2H3,(H2,22,23,24,25). The average Bonchev–Trinajstić information content (AvgIpc) is 2.94. The molecule has 11 heteroatoms. The van der Waals surface area contributed by atoms with Crippen molar-refractivity contribution in [1.82, 2.24) is 14.9 Å². The first-order chi connectivity index (χ1) is 13.8. The molecule has 1 aromatic carbocycles. The third-order valence-electron chi connectivity index (χ3n) is 4.90. The fraction of sp³-hybridized carbons (Fsp3) is 0.389. The molecule has 2 N–H and O–H groups in total. The zero-order valence-corrected chi connectivity index (χ0v) is 15.6. The lowest BCUT2D eigenvalue weighted by atomic mass is 10.1. The molecule has 0 radical (unpaired) electrons. The second kappa shape index (κ2) is 7.07. The highest BCUT2D eigenvalue weighted by Gasteiger charge is 2.37. The van der Waals surface area contributed by atoms with E-state index in [1.807, 2.05) is 0 Å². The van der Waals surface area contributed by atoms with Gasteiger partial charge in [-0.3, -0.25) is 4.79 Å². The predicted octanol–water partition coefficient (Wildman–Crippen LogP) is 2.64. The number of hydrogen-bond donors (Lipinski definition) is 2. The number of benzene rings is 1. The van der Waals surface area contributed by atoms with Gasteiger partial charge in [-0.25, -0.2) is 4.98 Å². The molecule has 0 bridgehead atoms. The number of hydrogen-bond acceptors (Lipinski definition) is 7. The molecular formula is C18H18F3N5O3. The maximum Gasteiger partial charge on any atom is 0.421 e. The van der Waals surface area contributed by atoms with Crippen LogP contribution in [0.25, 0.3) is 0 Å². The lowest BCUT2D eigenvalue weighted by molar-refractivity contribution is -0.137. The number of carbonyl (C=O) groups excluding carboxylic acids is 1. The van der Waals surface area contributed by atoms with Crippen molar-refractivity contribution in [3.05, 3.63) is 35.0 Å². The third-order valence-corrected chi connectivity index (χ3v) is 4.90. The minimum atomic E-state index is -4.57. The quantitative estimate of drug-likeness (QED) is 0.785. The minimum absolute atomic E-state index is 0.0332. The van der Waals surface area contributed by atoms with E-state index in [1.165, 1.54) is 14.2 Å². The largest absolute Gasteiger partial charge is 0.495 e. The van der Waals surface area contributed by atoms with Crippen molar-refractivity contribution in [3.8, 4) is 5.75 Å². The summed E-state index contributed by atoms with van der Waals surface area (Å²) < 4.78 is 49.6. The number of amides is 1. The predicted molar refractivity (Wildman–Crippen MR) is 97.3 cm³/mol. The highest BCUT2D eigenvalue weighted by Crippen LogP contribution is 2.37. The van der Waals surface area contributed by atoms with E-state index in [-0.39, 0.29) is 23.7 Å². The summed E-state index contributed by atoms with van der Waals surface area (Å²) in [6.07, 6.45) is -3.86. The Hall–Kier alpha value is -3.08. The first-order valence-electron chi connectivity index (χ1n) is 8.80. The molecule has 29 heavy (non-hydrogen) atoms. The summed E-state index contributed by atoms with van der Waals surface area (Å²) in [7, 11) is 2.79. The fourth-order valence-corrected chi connectivity index (χ4v) is 3.29. The van der Waals surface area contributed by atoms with Crippen LogP contribution in [-0.2, 0) is 17.5 Å². The molecule has 2 aromatic rings. The molecule has 1 amide bonds. The number of carbonyl (C=O) groups is 1. The van der Waals surface area contributed by atoms with Gasteiger partial charge in [0.15, 0.2) is 0 Å². The first kappa shape index (κ1) is 19.2. The molecule has 3 heterocycles. The van der Waals surface area contributed by atoms with E-state index in [0.717, 1.165) is 5.56 Å². The number of aromatic nitrogens is 2. The summed E-state index contributed by atoms with van der Waals surface area (Å²) in [6, 6.07) is 3.39. The van der Waals surface area contributed by atoms with Crippen LogP contribution in [0.4, 0.5) is 30.6 Å². The summed E-state index contributed by atoms with van der Waals surface area (Å²) >= 11 is 0. The highest BCUT2D eigenvalue weighted by molar-refractivity contribution is 6.00. The summed E-state index contributed by atoms with van der Waals surface area (Å²) in [4.78, 5) is 22.0. The topological polar surface area (TPSA) is 88.6 Å². The molecule has 2 aliphatic heterocycles. The molecule has 8 nitrogen and oxygen atoms in total. The Labute approximate surface area is 164 Å². The van der Waals surface area contributed by atoms with Crippen LogP contribution < -0.4 is 15.4 Å². The van der Waals surface area contributed by atoms with Crippen LogP contribution in [0.3, 0.4) is 0 Å². The summed E-state index contributed by atoms with van der Waals surface area (Å²) in [5, 5.41) is 5.31. The van der Waals surface area contributed by atoms with Crippen molar-refractivity contribution >= 4 is 23.4 Å². The molecule has 4 rings (SSSR count). The molecule has 0 atom stereocenters. The average molecular weight is 409 g/mol. The van der Waals surface area contributed by atoms with Gasteiger partial charge in [0.2, 0.25) is 5.95 Å². The van der Waals surface area contributed by atoms with Gasteiger partial charge in [0, 0.05) is 25.4 Å². The van der Waals surface area contributed by atoms with Crippen LogP contribution in [0.1, 0.15) is 21.5 Å². The van der Waals surface area contributed by atoms with Gasteiger partial charge in [-0.1, -0.05) is 0 Å². The Morgan fingerprint density at radius 2 is 2.07 bits per heavy atom. The fourth-order valence-electron chi connectivity index (χ4n) is 3.29. The lowest BCUT2D eigenvalue weighted by Crippen LogP contribution is -2.48. The van der Waals surface area contributed by atoms with Crippen molar-refractivity contribution < 1.29 is 27.4 Å². The Bertz CT molecular complexity index is 962. The van der Waals surface area contributed by atoms with Gasteiger partial charge in [-0.15, -0.1) is 0 Å². The van der Waals surface area contributed by atoms with E-state index >= 15 is 0 Å². The third kappa shape index (κ3) is 3.41. The van der Waals surface area contributed by atoms with Crippen LogP contribution in [-0.4, -0.2) is 54.2 Å². The maximum absolute atomic E-state index is 13.0. The van der Waals surface area contributed by atoms with Crippen molar-refractivity contribution in [3.63, 3.8) is 0 Å². The summed E-state index contributed by atoms with van der Waals surface area (Å²) in [6.45, 7) is 1.44. The van der Waals surface area contributed by atoms with Crippen molar-refractivity contribution in [2.45, 2.75) is 18.8 Å². The highest BCUT2D eigenvalue weighted by atomic mass is 19.4. The molecule has 154 valence electrons. The number of nitrogens with zero attached hydrogens (tertiary/aromatic N) is 3. The van der Waals surface area contributed by atoms with E-state index in [2.05, 4.69) is 20.6 Å². The van der Waals surface area contributed by atoms with Gasteiger partial charge in [-0.2, -0.15) is 18.2 Å². The van der Waals surface area contributed by atoms with E-state index < -0.39 is 11.7 Å². The van der Waals surface area contributed by atoms with Gasteiger partial charge in [-0.05, 0) is 17.7 Å². The zero-order chi connectivity index (χ0) is 20.8. The smallest absolute Gasteiger partial charge is 0.421 e. The number of anilines is 3. The van der Waals surface area contributed by atoms with Crippen molar-refractivity contribution in [2.24, 2.45) is 0 Å². The molecule has 2 aliphatic rings. The number of alkyl halides is 3. The number of methoxy groups -OCH3 is 1. The Morgan fingerprint density at radius 3 is 2.66 bits per heavy atom. The van der Waals surface area contributed by atoms with Crippen LogP contribution >= 0.6 is 0 Å². The number of ether oxygens (including phenoxy) is 2. The molecule has 1 fully saturated rings. The first-order valence-corrected chi connectivity index (χ1v) is 8.80. The van der Waals surface area contributed by atoms with E-state index in [0.29, 0.717) is 43.0 Å². The summed E-state index contributed by atoms with van der Waals surface area (Å²) in [5.41, 5.74) is 0.803. The zero-order valence-electron chi connectivity index (χ0n) is 15.6. The lowest BCUT2D eigenvalue weighted by Gasteiger charge is -2.34. The second-order valence-corrected chi connectivity index (χ2v) is 6.66. The summed E-state index contributed by atoms with van der Waals surface area (Å²) in [5.74, 6) is -0.115. The number of halogens is 3. The Morgan fingerprint density at radius 1 is 1.31 bits per heavy atom. The Balaban J connectivity index is 1.64. The molecular weight excluding hydrogens is 391 g/mol.